The predicted molar refractivity (Wildman–Crippen MR) is 148 cm³/mol. The Morgan fingerprint density at radius 1 is 1.03 bits per heavy atom. The summed E-state index contributed by atoms with van der Waals surface area (Å²) in [5.41, 5.74) is 7.68. The van der Waals surface area contributed by atoms with Gasteiger partial charge >= 0.3 is 6.03 Å². The summed E-state index contributed by atoms with van der Waals surface area (Å²) in [5.74, 6) is -0.478. The van der Waals surface area contributed by atoms with Gasteiger partial charge in [-0.3, -0.25) is 0 Å². The number of halogens is 1. The molecular weight excluding hydrogens is 527 g/mol. The lowest BCUT2D eigenvalue weighted by Gasteiger charge is -2.13. The van der Waals surface area contributed by atoms with Crippen LogP contribution >= 0.6 is 11.3 Å². The summed E-state index contributed by atoms with van der Waals surface area (Å²) < 4.78 is 38.7. The lowest BCUT2D eigenvalue weighted by atomic mass is 9.98. The number of hydrogen-bond donors (Lipinski definition) is 3. The number of carbonyl (C=O) groups excluding carboxylic acids is 1. The van der Waals surface area contributed by atoms with E-state index in [1.54, 1.807) is 19.1 Å². The molecule has 2 aromatic heterocycles. The van der Waals surface area contributed by atoms with E-state index < -0.39 is 21.7 Å². The highest BCUT2D eigenvalue weighted by atomic mass is 32.2. The maximum absolute atomic E-state index is 14.7. The Labute approximate surface area is 224 Å². The van der Waals surface area contributed by atoms with Gasteiger partial charge in [0.2, 0.25) is 5.95 Å². The van der Waals surface area contributed by atoms with Gasteiger partial charge in [0.05, 0.1) is 26.2 Å². The van der Waals surface area contributed by atoms with Gasteiger partial charge in [0.1, 0.15) is 11.5 Å². The summed E-state index contributed by atoms with van der Waals surface area (Å²) >= 11 is 1.41. The number of hydrogen-bond acceptors (Lipinski definition) is 8. The first-order valence-electron chi connectivity index (χ1n) is 11.7. The van der Waals surface area contributed by atoms with Crippen LogP contribution in [-0.2, 0) is 15.3 Å². The van der Waals surface area contributed by atoms with Crippen LogP contribution in [0.1, 0.15) is 32.7 Å². The van der Waals surface area contributed by atoms with E-state index in [1.165, 1.54) is 53.9 Å². The molecule has 0 fully saturated rings. The molecule has 0 atom stereocenters. The van der Waals surface area contributed by atoms with Crippen molar-refractivity contribution in [1.82, 2.24) is 15.0 Å². The molecule has 0 bridgehead atoms. The summed E-state index contributed by atoms with van der Waals surface area (Å²) in [6.07, 6.45) is 1.53. The third-order valence-electron chi connectivity index (χ3n) is 5.45. The van der Waals surface area contributed by atoms with Crippen molar-refractivity contribution >= 4 is 44.5 Å². The number of aromatic nitrogens is 3. The Bertz CT molecular complexity index is 1600. The van der Waals surface area contributed by atoms with E-state index in [0.29, 0.717) is 27.5 Å². The molecule has 0 aliphatic rings. The monoisotopic (exact) mass is 554 g/mol. The Hall–Kier alpha value is -3.90. The third kappa shape index (κ3) is 6.14. The van der Waals surface area contributed by atoms with Crippen molar-refractivity contribution in [3.63, 3.8) is 0 Å². The molecule has 9 nitrogen and oxygen atoms in total. The normalized spacial score (nSPS) is 11.8. The molecule has 38 heavy (non-hydrogen) atoms. The zero-order valence-corrected chi connectivity index (χ0v) is 22.9. The highest BCUT2D eigenvalue weighted by molar-refractivity contribution is 7.91. The lowest BCUT2D eigenvalue weighted by Crippen LogP contribution is -2.19. The molecule has 2 amide bonds. The average molecular weight is 555 g/mol. The number of amides is 2. The topological polar surface area (TPSA) is 140 Å². The molecule has 0 saturated carbocycles. The van der Waals surface area contributed by atoms with Crippen LogP contribution in [0.25, 0.3) is 21.8 Å². The number of carbonyl (C=O) groups is 1. The number of nitrogens with one attached hydrogen (secondary N) is 2. The van der Waals surface area contributed by atoms with E-state index in [2.05, 4.69) is 20.6 Å². The van der Waals surface area contributed by atoms with Crippen molar-refractivity contribution in [2.75, 3.05) is 22.1 Å². The maximum atomic E-state index is 14.7. The number of rotatable bonds is 6. The largest absolute Gasteiger partial charge is 0.368 e. The molecule has 0 spiro atoms. The predicted octanol–water partition coefficient (Wildman–Crippen LogP) is 5.72. The number of thiazole rings is 1. The fourth-order valence-electron chi connectivity index (χ4n) is 3.51. The van der Waals surface area contributed by atoms with E-state index >= 15 is 0 Å². The maximum Gasteiger partial charge on any atom is 0.323 e. The zero-order chi connectivity index (χ0) is 27.7. The lowest BCUT2D eigenvalue weighted by molar-refractivity contribution is 0.262. The molecule has 0 unspecified atom stereocenters. The molecule has 4 rings (SSSR count). The number of nitrogens with two attached hydrogens (primary N) is 1. The second kappa shape index (κ2) is 10.5. The van der Waals surface area contributed by atoms with Gasteiger partial charge in [-0.2, -0.15) is 0 Å². The van der Waals surface area contributed by atoms with Gasteiger partial charge in [-0.1, -0.05) is 27.7 Å². The standard InChI is InChI=1S/C26H27FN6O3S2/c1-5-38(35,36)19-8-6-17(7-9-19)30-25(34)31-18-13-15(12-16(27)14-18)22-21(20-10-11-29-24(28)32-20)33-23(37-22)26(2,3)4/h6-14H,5H2,1-4H3,(H2,28,29,32)(H2,30,31,34). The number of nitrogens with zero attached hydrogens (tertiary/aromatic N) is 3. The third-order valence-corrected chi connectivity index (χ3v) is 8.74. The van der Waals surface area contributed by atoms with Crippen LogP contribution in [-0.4, -0.2) is 35.2 Å². The van der Waals surface area contributed by atoms with Crippen LogP contribution in [0.4, 0.5) is 26.5 Å². The minimum absolute atomic E-state index is 0.0223. The van der Waals surface area contributed by atoms with Crippen LogP contribution in [0.15, 0.2) is 59.6 Å². The van der Waals surface area contributed by atoms with Crippen molar-refractivity contribution in [2.45, 2.75) is 38.0 Å². The fourth-order valence-corrected chi connectivity index (χ4v) is 5.52. The van der Waals surface area contributed by atoms with Gasteiger partial charge in [-0.05, 0) is 54.1 Å². The van der Waals surface area contributed by atoms with Gasteiger partial charge < -0.3 is 16.4 Å². The minimum Gasteiger partial charge on any atom is -0.368 e. The van der Waals surface area contributed by atoms with Gasteiger partial charge in [0.25, 0.3) is 0 Å². The molecule has 4 N–H and O–H groups in total. The molecule has 198 valence electrons. The van der Waals surface area contributed by atoms with Crippen molar-refractivity contribution < 1.29 is 17.6 Å². The summed E-state index contributed by atoms with van der Waals surface area (Å²) in [6.45, 7) is 7.65. The molecular formula is C26H27FN6O3S2. The smallest absolute Gasteiger partial charge is 0.323 e. The first kappa shape index (κ1) is 27.1. The quantitative estimate of drug-likeness (QED) is 0.277. The zero-order valence-electron chi connectivity index (χ0n) is 21.2. The van der Waals surface area contributed by atoms with Crippen molar-refractivity contribution in [1.29, 1.82) is 0 Å². The van der Waals surface area contributed by atoms with E-state index in [0.717, 1.165) is 5.01 Å². The van der Waals surface area contributed by atoms with Crippen molar-refractivity contribution in [3.8, 4) is 21.8 Å². The molecule has 2 heterocycles. The molecule has 0 aliphatic heterocycles. The minimum atomic E-state index is -3.35. The van der Waals surface area contributed by atoms with E-state index in [4.69, 9.17) is 10.7 Å². The van der Waals surface area contributed by atoms with Crippen molar-refractivity contribution in [2.24, 2.45) is 0 Å². The van der Waals surface area contributed by atoms with Gasteiger partial charge in [-0.15, -0.1) is 11.3 Å². The number of benzene rings is 2. The first-order chi connectivity index (χ1) is 17.9. The van der Waals surface area contributed by atoms with Gasteiger partial charge in [0, 0.05) is 23.0 Å². The summed E-state index contributed by atoms with van der Waals surface area (Å²) in [7, 11) is -3.35. The molecule has 0 aliphatic carbocycles. The average Bonchev–Trinajstić information content (AvgIpc) is 3.30. The molecule has 2 aromatic carbocycles. The number of nitrogen functional groups attached to an aromatic ring is 1. The van der Waals surface area contributed by atoms with Gasteiger partial charge in [0.15, 0.2) is 9.84 Å². The number of sulfone groups is 1. The molecule has 0 radical (unpaired) electrons. The van der Waals surface area contributed by atoms with Gasteiger partial charge in [-0.25, -0.2) is 32.6 Å². The molecule has 12 heteroatoms. The summed E-state index contributed by atoms with van der Waals surface area (Å²) in [5, 5.41) is 6.08. The highest BCUT2D eigenvalue weighted by Crippen LogP contribution is 2.41. The Morgan fingerprint density at radius 3 is 2.34 bits per heavy atom. The Balaban J connectivity index is 1.63. The second-order valence-corrected chi connectivity index (χ2v) is 12.8. The van der Waals surface area contributed by atoms with E-state index in [1.807, 2.05) is 20.8 Å². The fraction of sp³-hybridized carbons (Fsp3) is 0.231. The Morgan fingerprint density at radius 2 is 1.71 bits per heavy atom. The van der Waals surface area contributed by atoms with Crippen LogP contribution in [0.5, 0.6) is 0 Å². The first-order valence-corrected chi connectivity index (χ1v) is 14.1. The number of anilines is 3. The second-order valence-electron chi connectivity index (χ2n) is 9.48. The van der Waals surface area contributed by atoms with Crippen LogP contribution in [0, 0.1) is 5.82 Å². The van der Waals surface area contributed by atoms with E-state index in [-0.39, 0.29) is 27.7 Å². The van der Waals surface area contributed by atoms with Crippen LogP contribution in [0.2, 0.25) is 0 Å². The van der Waals surface area contributed by atoms with Crippen molar-refractivity contribution in [3.05, 3.63) is 65.6 Å². The van der Waals surface area contributed by atoms with Crippen LogP contribution in [0.3, 0.4) is 0 Å². The van der Waals surface area contributed by atoms with Crippen LogP contribution < -0.4 is 16.4 Å². The van der Waals surface area contributed by atoms with E-state index in [9.17, 15) is 17.6 Å². The number of urea groups is 1. The molecule has 4 aromatic rings. The SMILES string of the molecule is CCS(=O)(=O)c1ccc(NC(=O)Nc2cc(F)cc(-c3sc(C(C)(C)C)nc3-c3ccnc(N)n3)c2)cc1. The highest BCUT2D eigenvalue weighted by Gasteiger charge is 2.24. The summed E-state index contributed by atoms with van der Waals surface area (Å²) in [6, 6.07) is 11.1. The Kier molecular flexibility index (Phi) is 7.47. The summed E-state index contributed by atoms with van der Waals surface area (Å²) in [4.78, 5) is 26.5. The molecule has 0 saturated heterocycles.